The molecule has 58 heavy (non-hydrogen) atoms. The molecule has 0 saturated carbocycles. The fraction of sp³-hybridized carbons (Fsp3) is 0.714. The molecule has 1 aromatic rings. The number of hydrogen-bond donors (Lipinski definition) is 4. The number of ether oxygens (including phenoxy) is 2. The Hall–Kier alpha value is -4.44. The first-order valence-electron chi connectivity index (χ1n) is 20.5. The van der Waals surface area contributed by atoms with Gasteiger partial charge in [0.2, 0.25) is 23.6 Å². The molecule has 16 heteroatoms. The Morgan fingerprint density at radius 1 is 0.914 bits per heavy atom. The van der Waals surface area contributed by atoms with Crippen LogP contribution in [0.4, 0.5) is 4.79 Å². The van der Waals surface area contributed by atoms with E-state index in [9.17, 15) is 24.0 Å². The number of aliphatic imine (C=N–C) groups is 1. The van der Waals surface area contributed by atoms with Crippen molar-refractivity contribution in [2.75, 3.05) is 69.1 Å². The second kappa shape index (κ2) is 24.5. The maximum atomic E-state index is 14.3. The summed E-state index contributed by atoms with van der Waals surface area (Å²) in [6.45, 7) is 10.7. The van der Waals surface area contributed by atoms with Gasteiger partial charge in [0.1, 0.15) is 12.1 Å². The second-order valence-corrected chi connectivity index (χ2v) is 16.1. The number of likely N-dealkylation sites (N-methyl/N-ethyl adjacent to an activating group) is 1. The molecule has 1 aliphatic heterocycles. The molecule has 0 radical (unpaired) electrons. The summed E-state index contributed by atoms with van der Waals surface area (Å²) in [5.74, 6) is -1.23. The van der Waals surface area contributed by atoms with E-state index in [2.05, 4.69) is 29.8 Å². The molecule has 5 amide bonds. The van der Waals surface area contributed by atoms with E-state index in [1.54, 1.807) is 30.9 Å². The molecule has 3 unspecified atom stereocenters. The molecule has 4 N–H and O–H groups in total. The van der Waals surface area contributed by atoms with Gasteiger partial charge in [-0.25, -0.2) is 9.79 Å². The van der Waals surface area contributed by atoms with Crippen molar-refractivity contribution in [3.8, 4) is 0 Å². The van der Waals surface area contributed by atoms with Gasteiger partial charge in [-0.2, -0.15) is 0 Å². The van der Waals surface area contributed by atoms with Gasteiger partial charge in [0.15, 0.2) is 5.96 Å². The first kappa shape index (κ1) is 49.7. The highest BCUT2D eigenvalue weighted by atomic mass is 16.5. The quantitative estimate of drug-likeness (QED) is 0.0771. The number of hydrogen-bond acceptors (Lipinski definition) is 8. The van der Waals surface area contributed by atoms with Crippen LogP contribution in [0.2, 0.25) is 0 Å². The summed E-state index contributed by atoms with van der Waals surface area (Å²) in [5.41, 5.74) is 0.856. The van der Waals surface area contributed by atoms with Crippen LogP contribution >= 0.6 is 0 Å². The molecule has 0 bridgehead atoms. The molecule has 1 heterocycles. The Balaban J connectivity index is 2.29. The number of amides is 5. The Bertz CT molecular complexity index is 1480. The van der Waals surface area contributed by atoms with Crippen LogP contribution in [0, 0.1) is 17.8 Å². The van der Waals surface area contributed by atoms with E-state index >= 15 is 0 Å². The van der Waals surface area contributed by atoms with Crippen molar-refractivity contribution in [3.05, 3.63) is 35.9 Å². The molecule has 1 aliphatic rings. The van der Waals surface area contributed by atoms with Crippen LogP contribution in [-0.2, 0) is 35.1 Å². The normalized spacial score (nSPS) is 17.5. The van der Waals surface area contributed by atoms with Gasteiger partial charge in [0.25, 0.3) is 0 Å². The Kier molecular flexibility index (Phi) is 21.0. The number of guanidine groups is 1. The average Bonchev–Trinajstić information content (AvgIpc) is 3.66. The minimum Gasteiger partial charge on any atom is -0.465 e. The molecule has 1 aromatic carbocycles. The van der Waals surface area contributed by atoms with Crippen LogP contribution in [0.1, 0.15) is 72.3 Å². The van der Waals surface area contributed by atoms with Crippen molar-refractivity contribution in [1.82, 2.24) is 35.6 Å². The smallest absolute Gasteiger partial charge is 0.404 e. The third-order valence-electron chi connectivity index (χ3n) is 11.0. The summed E-state index contributed by atoms with van der Waals surface area (Å²) in [5, 5.41) is 16.8. The molecule has 328 valence electrons. The first-order chi connectivity index (χ1) is 27.4. The van der Waals surface area contributed by atoms with E-state index in [0.29, 0.717) is 25.3 Å². The molecule has 1 saturated heterocycles. The molecule has 1 fully saturated rings. The summed E-state index contributed by atoms with van der Waals surface area (Å²) in [4.78, 5) is 78.8. The van der Waals surface area contributed by atoms with Crippen molar-refractivity contribution in [1.29, 1.82) is 0 Å². The van der Waals surface area contributed by atoms with Gasteiger partial charge in [-0.05, 0) is 36.7 Å². The van der Waals surface area contributed by atoms with Gasteiger partial charge in [-0.15, -0.1) is 0 Å². The van der Waals surface area contributed by atoms with Crippen LogP contribution < -0.4 is 16.0 Å². The van der Waals surface area contributed by atoms with Crippen LogP contribution in [0.25, 0.3) is 0 Å². The van der Waals surface area contributed by atoms with Gasteiger partial charge in [0, 0.05) is 75.5 Å². The van der Waals surface area contributed by atoms with Crippen molar-refractivity contribution < 1.29 is 38.6 Å². The number of likely N-dealkylation sites (tertiary alicyclic amines) is 1. The lowest BCUT2D eigenvalue weighted by molar-refractivity contribution is -0.146. The predicted octanol–water partition coefficient (Wildman–Crippen LogP) is 2.91. The standard InChI is InChI=1S/C42H72N8O8/c1-13-28(4)36(49(10)40(54)35(27(2)3)46-41(47(6)7)48(8)9)33(57-11)26-34(51)50-24-17-21-32(50)37(58-12)29(5)38(52)45-31(25-30-19-15-14-16-20-30)39(53)43-22-18-23-44-42(55)56/h14-16,19-20,27-29,31-33,35-37,44H,13,17-18,21-26H2,1-12H3,(H,43,53)(H,45,52)(H,55,56)/t28-,29+,31?,32?,33+,35?,36-,37+/m0/s1. The van der Waals surface area contributed by atoms with Gasteiger partial charge < -0.3 is 50.1 Å². The van der Waals surface area contributed by atoms with Gasteiger partial charge in [-0.3, -0.25) is 19.2 Å². The minimum atomic E-state index is -1.14. The molecule has 0 spiro atoms. The predicted molar refractivity (Wildman–Crippen MR) is 225 cm³/mol. The Morgan fingerprint density at radius 2 is 1.53 bits per heavy atom. The van der Waals surface area contributed by atoms with Crippen molar-refractivity contribution >= 4 is 35.7 Å². The Labute approximate surface area is 346 Å². The average molecular weight is 817 g/mol. The minimum absolute atomic E-state index is 0.00193. The molecule has 2 rings (SSSR count). The summed E-state index contributed by atoms with van der Waals surface area (Å²) in [6.07, 6.45) is 0.322. The first-order valence-corrected chi connectivity index (χ1v) is 20.5. The number of nitrogens with one attached hydrogen (secondary N) is 3. The van der Waals surface area contributed by atoms with Crippen LogP contribution in [0.3, 0.4) is 0 Å². The highest BCUT2D eigenvalue weighted by molar-refractivity contribution is 5.89. The largest absolute Gasteiger partial charge is 0.465 e. The van der Waals surface area contributed by atoms with Crippen LogP contribution in [0.15, 0.2) is 35.3 Å². The number of rotatable bonds is 22. The van der Waals surface area contributed by atoms with Crippen LogP contribution in [-0.4, -0.2) is 166 Å². The lowest BCUT2D eigenvalue weighted by atomic mass is 9.89. The lowest BCUT2D eigenvalue weighted by Crippen LogP contribution is -2.55. The molecular weight excluding hydrogens is 745 g/mol. The summed E-state index contributed by atoms with van der Waals surface area (Å²) < 4.78 is 12.0. The summed E-state index contributed by atoms with van der Waals surface area (Å²) >= 11 is 0. The maximum absolute atomic E-state index is 14.3. The SMILES string of the molecule is CC[C@H](C)[C@@H]([C@@H](CC(=O)N1CCCC1[C@H](OC)[C@@H](C)C(=O)NC(Cc1ccccc1)C(=O)NCCCNC(=O)O)OC)N(C)C(=O)C(N=C(N(C)C)N(C)C)C(C)C. The van der Waals surface area contributed by atoms with Gasteiger partial charge >= 0.3 is 6.09 Å². The van der Waals surface area contributed by atoms with Gasteiger partial charge in [-0.1, -0.05) is 71.4 Å². The highest BCUT2D eigenvalue weighted by Crippen LogP contribution is 2.30. The number of nitrogens with zero attached hydrogens (tertiary/aromatic N) is 5. The van der Waals surface area contributed by atoms with Gasteiger partial charge in [0.05, 0.1) is 36.6 Å². The summed E-state index contributed by atoms with van der Waals surface area (Å²) in [7, 11) is 12.4. The van der Waals surface area contributed by atoms with E-state index in [0.717, 1.165) is 18.4 Å². The van der Waals surface area contributed by atoms with E-state index in [1.165, 1.54) is 7.11 Å². The molecular formula is C42H72N8O8. The molecule has 0 aliphatic carbocycles. The summed E-state index contributed by atoms with van der Waals surface area (Å²) in [6, 6.07) is 6.96. The highest BCUT2D eigenvalue weighted by Gasteiger charge is 2.43. The fourth-order valence-corrected chi connectivity index (χ4v) is 7.74. The monoisotopic (exact) mass is 817 g/mol. The molecule has 0 aromatic heterocycles. The van der Waals surface area contributed by atoms with Crippen molar-refractivity contribution in [3.63, 3.8) is 0 Å². The zero-order valence-corrected chi connectivity index (χ0v) is 37.0. The van der Waals surface area contributed by atoms with E-state index < -0.39 is 60.2 Å². The number of carbonyl (C=O) groups is 5. The van der Waals surface area contributed by atoms with E-state index in [4.69, 9.17) is 19.6 Å². The topological polar surface area (TPSA) is 185 Å². The zero-order valence-electron chi connectivity index (χ0n) is 37.0. The lowest BCUT2D eigenvalue weighted by Gasteiger charge is -2.40. The fourth-order valence-electron chi connectivity index (χ4n) is 7.74. The third kappa shape index (κ3) is 14.4. The van der Waals surface area contributed by atoms with Crippen molar-refractivity contribution in [2.24, 2.45) is 22.7 Å². The Morgan fingerprint density at radius 3 is 2.07 bits per heavy atom. The molecule has 16 nitrogen and oxygen atoms in total. The second-order valence-electron chi connectivity index (χ2n) is 16.1. The van der Waals surface area contributed by atoms with E-state index in [1.807, 2.05) is 82.2 Å². The number of benzene rings is 1. The number of carboxylic acid groups (broad SMARTS) is 1. The number of carbonyl (C=O) groups excluding carboxylic acids is 4. The number of methoxy groups -OCH3 is 2. The maximum Gasteiger partial charge on any atom is 0.404 e. The van der Waals surface area contributed by atoms with Crippen LogP contribution in [0.5, 0.6) is 0 Å². The van der Waals surface area contributed by atoms with E-state index in [-0.39, 0.29) is 49.6 Å². The molecule has 8 atom stereocenters. The zero-order chi connectivity index (χ0) is 43.7. The third-order valence-corrected chi connectivity index (χ3v) is 11.0. The van der Waals surface area contributed by atoms with Crippen molar-refractivity contribution in [2.45, 2.75) is 110 Å².